The van der Waals surface area contributed by atoms with Gasteiger partial charge in [-0.15, -0.1) is 11.3 Å². The molecular formula is C15H23NO3S. The van der Waals surface area contributed by atoms with Gasteiger partial charge in [0.1, 0.15) is 4.88 Å². The first-order chi connectivity index (χ1) is 9.65. The molecule has 0 bridgehead atoms. The zero-order chi connectivity index (χ0) is 14.5. The van der Waals surface area contributed by atoms with Crippen molar-refractivity contribution in [2.24, 2.45) is 0 Å². The smallest absolute Gasteiger partial charge is 0.348 e. The predicted octanol–water partition coefficient (Wildman–Crippen LogP) is 2.66. The zero-order valence-corrected chi connectivity index (χ0v) is 13.0. The number of likely N-dealkylation sites (tertiary alicyclic amines) is 1. The third-order valence-corrected chi connectivity index (χ3v) is 4.98. The van der Waals surface area contributed by atoms with E-state index in [1.165, 1.54) is 31.3 Å². The van der Waals surface area contributed by atoms with Gasteiger partial charge in [0.05, 0.1) is 13.2 Å². The van der Waals surface area contributed by atoms with Crippen molar-refractivity contribution in [2.75, 3.05) is 13.7 Å². The maximum atomic E-state index is 11.5. The van der Waals surface area contributed by atoms with Crippen LogP contribution in [0.4, 0.5) is 0 Å². The second-order valence-corrected chi connectivity index (χ2v) is 6.44. The Kier molecular flexibility index (Phi) is 5.57. The van der Waals surface area contributed by atoms with Crippen molar-refractivity contribution in [3.05, 3.63) is 21.9 Å². The standard InChI is InChI=1S/C15H23NO3S/c1-3-13(17)12-6-4-5-9-16(12)10-11-7-8-14(20-11)15(18)19-2/h7-8,12-13,17H,3-6,9-10H2,1-2H3. The average molecular weight is 297 g/mol. The van der Waals surface area contributed by atoms with E-state index in [9.17, 15) is 9.90 Å². The summed E-state index contributed by atoms with van der Waals surface area (Å²) in [6.45, 7) is 3.86. The monoisotopic (exact) mass is 297 g/mol. The number of hydrogen-bond donors (Lipinski definition) is 1. The lowest BCUT2D eigenvalue weighted by molar-refractivity contribution is 0.0200. The highest BCUT2D eigenvalue weighted by Gasteiger charge is 2.28. The Labute approximate surface area is 124 Å². The number of methoxy groups -OCH3 is 1. The Balaban J connectivity index is 2.03. The molecule has 2 unspecified atom stereocenters. The molecule has 5 heteroatoms. The molecule has 1 aliphatic rings. The molecular weight excluding hydrogens is 274 g/mol. The number of nitrogens with zero attached hydrogens (tertiary/aromatic N) is 1. The summed E-state index contributed by atoms with van der Waals surface area (Å²) >= 11 is 1.48. The van der Waals surface area contributed by atoms with Crippen LogP contribution in [0.1, 0.15) is 47.2 Å². The van der Waals surface area contributed by atoms with Crippen LogP contribution in [-0.4, -0.2) is 41.8 Å². The number of piperidine rings is 1. The van der Waals surface area contributed by atoms with E-state index in [1.807, 2.05) is 19.1 Å². The van der Waals surface area contributed by atoms with Crippen molar-refractivity contribution in [3.8, 4) is 0 Å². The van der Waals surface area contributed by atoms with E-state index in [1.54, 1.807) is 0 Å². The summed E-state index contributed by atoms with van der Waals surface area (Å²) in [4.78, 5) is 15.6. The normalized spacial score (nSPS) is 21.6. The van der Waals surface area contributed by atoms with E-state index in [-0.39, 0.29) is 18.1 Å². The fourth-order valence-electron chi connectivity index (χ4n) is 2.79. The predicted molar refractivity (Wildman–Crippen MR) is 80.0 cm³/mol. The van der Waals surface area contributed by atoms with Crippen molar-refractivity contribution in [1.82, 2.24) is 4.90 Å². The fourth-order valence-corrected chi connectivity index (χ4v) is 3.75. The summed E-state index contributed by atoms with van der Waals surface area (Å²) in [6.07, 6.45) is 3.97. The average Bonchev–Trinajstić information content (AvgIpc) is 2.94. The minimum atomic E-state index is -0.273. The number of rotatable bonds is 5. The van der Waals surface area contributed by atoms with E-state index < -0.39 is 0 Å². The van der Waals surface area contributed by atoms with E-state index in [0.29, 0.717) is 4.88 Å². The van der Waals surface area contributed by atoms with Crippen LogP contribution in [0.15, 0.2) is 12.1 Å². The van der Waals surface area contributed by atoms with Crippen LogP contribution in [0.5, 0.6) is 0 Å². The van der Waals surface area contributed by atoms with E-state index >= 15 is 0 Å². The Bertz CT molecular complexity index is 446. The summed E-state index contributed by atoms with van der Waals surface area (Å²) in [6, 6.07) is 4.06. The summed E-state index contributed by atoms with van der Waals surface area (Å²) in [5.41, 5.74) is 0. The molecule has 4 nitrogen and oxygen atoms in total. The lowest BCUT2D eigenvalue weighted by Gasteiger charge is -2.38. The van der Waals surface area contributed by atoms with Crippen molar-refractivity contribution >= 4 is 17.3 Å². The van der Waals surface area contributed by atoms with Gasteiger partial charge in [-0.3, -0.25) is 4.90 Å². The van der Waals surface area contributed by atoms with E-state index in [4.69, 9.17) is 4.74 Å². The third-order valence-electron chi connectivity index (χ3n) is 3.93. The SMILES string of the molecule is CCC(O)C1CCCCN1Cc1ccc(C(=O)OC)s1. The van der Waals surface area contributed by atoms with Gasteiger partial charge in [-0.25, -0.2) is 4.79 Å². The number of aliphatic hydroxyl groups excluding tert-OH is 1. The van der Waals surface area contributed by atoms with Crippen molar-refractivity contribution in [1.29, 1.82) is 0 Å². The summed E-state index contributed by atoms with van der Waals surface area (Å²) in [5.74, 6) is -0.273. The lowest BCUT2D eigenvalue weighted by Crippen LogP contribution is -2.45. The number of hydrogen-bond acceptors (Lipinski definition) is 5. The van der Waals surface area contributed by atoms with Gasteiger partial charge in [-0.1, -0.05) is 13.3 Å². The Morgan fingerprint density at radius 3 is 3.05 bits per heavy atom. The molecule has 0 aromatic carbocycles. The molecule has 0 radical (unpaired) electrons. The topological polar surface area (TPSA) is 49.8 Å². The van der Waals surface area contributed by atoms with Gasteiger partial charge in [0.25, 0.3) is 0 Å². The minimum absolute atomic E-state index is 0.248. The zero-order valence-electron chi connectivity index (χ0n) is 12.2. The molecule has 0 amide bonds. The first-order valence-electron chi connectivity index (χ1n) is 7.24. The molecule has 20 heavy (non-hydrogen) atoms. The Hall–Kier alpha value is -0.910. The molecule has 1 aromatic rings. The highest BCUT2D eigenvalue weighted by atomic mass is 32.1. The van der Waals surface area contributed by atoms with E-state index in [2.05, 4.69) is 4.90 Å². The van der Waals surface area contributed by atoms with Crippen LogP contribution in [-0.2, 0) is 11.3 Å². The van der Waals surface area contributed by atoms with Crippen LogP contribution in [0.2, 0.25) is 0 Å². The van der Waals surface area contributed by atoms with Crippen LogP contribution >= 0.6 is 11.3 Å². The molecule has 2 heterocycles. The van der Waals surface area contributed by atoms with Gasteiger partial charge in [0.15, 0.2) is 0 Å². The van der Waals surface area contributed by atoms with Crippen LogP contribution in [0.3, 0.4) is 0 Å². The molecule has 1 aromatic heterocycles. The number of esters is 1. The summed E-state index contributed by atoms with van der Waals surface area (Å²) < 4.78 is 4.73. The lowest BCUT2D eigenvalue weighted by atomic mass is 9.96. The molecule has 2 atom stereocenters. The highest BCUT2D eigenvalue weighted by Crippen LogP contribution is 2.26. The van der Waals surface area contributed by atoms with Crippen molar-refractivity contribution < 1.29 is 14.6 Å². The third kappa shape index (κ3) is 3.59. The molecule has 1 fully saturated rings. The van der Waals surface area contributed by atoms with Crippen LogP contribution in [0.25, 0.3) is 0 Å². The van der Waals surface area contributed by atoms with Crippen LogP contribution in [0, 0.1) is 0 Å². The number of thiophene rings is 1. The second-order valence-electron chi connectivity index (χ2n) is 5.27. The van der Waals surface area contributed by atoms with Gasteiger partial charge in [0, 0.05) is 17.5 Å². The van der Waals surface area contributed by atoms with Crippen molar-refractivity contribution in [2.45, 2.75) is 51.3 Å². The maximum Gasteiger partial charge on any atom is 0.348 e. The largest absolute Gasteiger partial charge is 0.465 e. The molecule has 1 aliphatic heterocycles. The number of carbonyl (C=O) groups excluding carboxylic acids is 1. The Morgan fingerprint density at radius 2 is 2.35 bits per heavy atom. The van der Waals surface area contributed by atoms with Crippen LogP contribution < -0.4 is 0 Å². The molecule has 112 valence electrons. The van der Waals surface area contributed by atoms with Gasteiger partial charge in [-0.05, 0) is 37.9 Å². The molecule has 1 N–H and O–H groups in total. The number of aliphatic hydroxyl groups is 1. The molecule has 1 saturated heterocycles. The molecule has 2 rings (SSSR count). The fraction of sp³-hybridized carbons (Fsp3) is 0.667. The van der Waals surface area contributed by atoms with E-state index in [0.717, 1.165) is 30.8 Å². The molecule has 0 saturated carbocycles. The number of carbonyl (C=O) groups is 1. The quantitative estimate of drug-likeness (QED) is 0.849. The molecule has 0 spiro atoms. The van der Waals surface area contributed by atoms with Gasteiger partial charge in [0.2, 0.25) is 0 Å². The first-order valence-corrected chi connectivity index (χ1v) is 8.06. The highest BCUT2D eigenvalue weighted by molar-refractivity contribution is 7.13. The second kappa shape index (κ2) is 7.20. The summed E-state index contributed by atoms with van der Waals surface area (Å²) in [5, 5.41) is 10.2. The number of ether oxygens (including phenoxy) is 1. The first kappa shape index (κ1) is 15.5. The van der Waals surface area contributed by atoms with Gasteiger partial charge < -0.3 is 9.84 Å². The summed E-state index contributed by atoms with van der Waals surface area (Å²) in [7, 11) is 1.40. The minimum Gasteiger partial charge on any atom is -0.465 e. The van der Waals surface area contributed by atoms with Gasteiger partial charge in [-0.2, -0.15) is 0 Å². The van der Waals surface area contributed by atoms with Crippen molar-refractivity contribution in [3.63, 3.8) is 0 Å². The Morgan fingerprint density at radius 1 is 1.55 bits per heavy atom. The molecule has 0 aliphatic carbocycles. The maximum absolute atomic E-state index is 11.5. The van der Waals surface area contributed by atoms with Gasteiger partial charge >= 0.3 is 5.97 Å².